The van der Waals surface area contributed by atoms with E-state index >= 15 is 0 Å². The van der Waals surface area contributed by atoms with Crippen molar-refractivity contribution in [3.05, 3.63) is 58.9 Å². The molecule has 0 unspecified atom stereocenters. The molecule has 2 aromatic carbocycles. The van der Waals surface area contributed by atoms with Gasteiger partial charge in [0.25, 0.3) is 0 Å². The van der Waals surface area contributed by atoms with Gasteiger partial charge in [-0.3, -0.25) is 9.69 Å². The Kier molecular flexibility index (Phi) is 8.03. The third-order valence-corrected chi connectivity index (χ3v) is 6.36. The molecule has 1 aliphatic heterocycles. The maximum Gasteiger partial charge on any atom is 0.227 e. The minimum Gasteiger partial charge on any atom is -0.493 e. The zero-order chi connectivity index (χ0) is 23.9. The standard InChI is InChI=1S/C25H29ClN4O4/c1-32-21-10-9-17(15-22(21)33-2)25-28-24(34-29-25)12-11-23(31)27-16-20(30-13-5-6-14-30)18-7-3-4-8-19(18)26/h3-4,7-10,15,20H,5-6,11-14,16H2,1-2H3,(H,27,31)/t20-/m1/s1. The van der Waals surface area contributed by atoms with Gasteiger partial charge in [-0.1, -0.05) is 35.0 Å². The SMILES string of the molecule is COc1ccc(-c2noc(CCC(=O)NC[C@H](c3ccccc3Cl)N3CCCC3)n2)cc1OC. The Labute approximate surface area is 204 Å². The van der Waals surface area contributed by atoms with Crippen LogP contribution in [-0.4, -0.2) is 54.8 Å². The van der Waals surface area contributed by atoms with Crippen LogP contribution in [0, 0.1) is 0 Å². The molecule has 8 nitrogen and oxygen atoms in total. The molecule has 0 spiro atoms. The fraction of sp³-hybridized carbons (Fsp3) is 0.400. The number of methoxy groups -OCH3 is 2. The quantitative estimate of drug-likeness (QED) is 0.459. The number of halogens is 1. The monoisotopic (exact) mass is 484 g/mol. The number of likely N-dealkylation sites (tertiary alicyclic amines) is 1. The van der Waals surface area contributed by atoms with Gasteiger partial charge >= 0.3 is 0 Å². The lowest BCUT2D eigenvalue weighted by Gasteiger charge is -2.29. The van der Waals surface area contributed by atoms with Crippen molar-refractivity contribution >= 4 is 17.5 Å². The predicted octanol–water partition coefficient (Wildman–Crippen LogP) is 4.29. The van der Waals surface area contributed by atoms with Gasteiger partial charge in [0.05, 0.1) is 20.3 Å². The second kappa shape index (κ2) is 11.4. The van der Waals surface area contributed by atoms with Crippen molar-refractivity contribution in [1.29, 1.82) is 0 Å². The molecule has 1 N–H and O–H groups in total. The van der Waals surface area contributed by atoms with E-state index in [-0.39, 0.29) is 18.4 Å². The smallest absolute Gasteiger partial charge is 0.227 e. The minimum atomic E-state index is -0.0675. The van der Waals surface area contributed by atoms with E-state index in [1.807, 2.05) is 30.3 Å². The van der Waals surface area contributed by atoms with Gasteiger partial charge in [-0.25, -0.2) is 0 Å². The molecule has 0 saturated carbocycles. The van der Waals surface area contributed by atoms with Crippen molar-refractivity contribution in [3.8, 4) is 22.9 Å². The molecule has 34 heavy (non-hydrogen) atoms. The Hall–Kier alpha value is -3.10. The number of aryl methyl sites for hydroxylation is 1. The lowest BCUT2D eigenvalue weighted by molar-refractivity contribution is -0.121. The molecule has 9 heteroatoms. The number of ether oxygens (including phenoxy) is 2. The van der Waals surface area contributed by atoms with Crippen molar-refractivity contribution in [1.82, 2.24) is 20.4 Å². The molecule has 0 bridgehead atoms. The Morgan fingerprint density at radius 3 is 2.65 bits per heavy atom. The molecule has 1 amide bonds. The van der Waals surface area contributed by atoms with Gasteiger partial charge in [-0.05, 0) is 55.8 Å². The number of carbonyl (C=O) groups excluding carboxylic acids is 1. The molecule has 1 aromatic heterocycles. The van der Waals surface area contributed by atoms with Gasteiger partial charge in [-0.2, -0.15) is 4.98 Å². The minimum absolute atomic E-state index is 0.0557. The first-order chi connectivity index (χ1) is 16.6. The molecular weight excluding hydrogens is 456 g/mol. The van der Waals surface area contributed by atoms with E-state index < -0.39 is 0 Å². The van der Waals surface area contributed by atoms with Gasteiger partial charge in [0.15, 0.2) is 11.5 Å². The largest absolute Gasteiger partial charge is 0.493 e. The van der Waals surface area contributed by atoms with Gasteiger partial charge in [0, 0.05) is 30.0 Å². The molecule has 2 heterocycles. The molecule has 1 aliphatic rings. The molecule has 3 aromatic rings. The summed E-state index contributed by atoms with van der Waals surface area (Å²) in [5, 5.41) is 7.82. The number of aromatic nitrogens is 2. The Balaban J connectivity index is 1.34. The van der Waals surface area contributed by atoms with E-state index in [1.165, 1.54) is 0 Å². The summed E-state index contributed by atoms with van der Waals surface area (Å²) in [6.07, 6.45) is 2.93. The first-order valence-corrected chi connectivity index (χ1v) is 11.8. The number of amides is 1. The lowest BCUT2D eigenvalue weighted by atomic mass is 10.1. The number of carbonyl (C=O) groups is 1. The Morgan fingerprint density at radius 2 is 1.91 bits per heavy atom. The first-order valence-electron chi connectivity index (χ1n) is 11.4. The summed E-state index contributed by atoms with van der Waals surface area (Å²) in [5.74, 6) is 1.97. The fourth-order valence-electron chi connectivity index (χ4n) is 4.20. The van der Waals surface area contributed by atoms with Crippen LogP contribution in [0.15, 0.2) is 47.0 Å². The number of nitrogens with zero attached hydrogens (tertiary/aromatic N) is 3. The van der Waals surface area contributed by atoms with Crippen LogP contribution >= 0.6 is 11.6 Å². The third-order valence-electron chi connectivity index (χ3n) is 6.01. The van der Waals surface area contributed by atoms with Crippen molar-refractivity contribution in [2.75, 3.05) is 33.9 Å². The molecule has 0 radical (unpaired) electrons. The molecule has 1 saturated heterocycles. The number of nitrogens with one attached hydrogen (secondary N) is 1. The van der Waals surface area contributed by atoms with Crippen molar-refractivity contribution in [2.45, 2.75) is 31.7 Å². The van der Waals surface area contributed by atoms with E-state index in [9.17, 15) is 4.79 Å². The molecule has 4 rings (SSSR count). The zero-order valence-corrected chi connectivity index (χ0v) is 20.2. The highest BCUT2D eigenvalue weighted by Crippen LogP contribution is 2.31. The molecule has 1 fully saturated rings. The van der Waals surface area contributed by atoms with E-state index in [0.717, 1.165) is 42.1 Å². The van der Waals surface area contributed by atoms with Crippen molar-refractivity contribution in [2.24, 2.45) is 0 Å². The van der Waals surface area contributed by atoms with Gasteiger partial charge in [0.1, 0.15) is 0 Å². The average molecular weight is 485 g/mol. The second-order valence-corrected chi connectivity index (χ2v) is 8.57. The summed E-state index contributed by atoms with van der Waals surface area (Å²) in [7, 11) is 3.15. The first kappa shape index (κ1) is 24.0. The van der Waals surface area contributed by atoms with E-state index in [1.54, 1.807) is 26.4 Å². The molecular formula is C25H29ClN4O4. The van der Waals surface area contributed by atoms with Crippen LogP contribution in [0.2, 0.25) is 5.02 Å². The van der Waals surface area contributed by atoms with Crippen LogP contribution in [0.5, 0.6) is 11.5 Å². The average Bonchev–Trinajstić information content (AvgIpc) is 3.56. The molecule has 1 atom stereocenters. The highest BCUT2D eigenvalue weighted by Gasteiger charge is 2.25. The highest BCUT2D eigenvalue weighted by molar-refractivity contribution is 6.31. The van der Waals surface area contributed by atoms with E-state index in [4.69, 9.17) is 25.6 Å². The Bertz CT molecular complexity index is 1110. The van der Waals surface area contributed by atoms with E-state index in [0.29, 0.717) is 36.2 Å². The maximum absolute atomic E-state index is 12.6. The summed E-state index contributed by atoms with van der Waals surface area (Å²) < 4.78 is 15.9. The number of benzene rings is 2. The topological polar surface area (TPSA) is 89.7 Å². The van der Waals surface area contributed by atoms with Crippen molar-refractivity contribution < 1.29 is 18.8 Å². The zero-order valence-electron chi connectivity index (χ0n) is 19.4. The fourth-order valence-corrected chi connectivity index (χ4v) is 4.46. The summed E-state index contributed by atoms with van der Waals surface area (Å²) in [4.78, 5) is 19.4. The number of rotatable bonds is 10. The van der Waals surface area contributed by atoms with Crippen LogP contribution in [0.25, 0.3) is 11.4 Å². The maximum atomic E-state index is 12.6. The van der Waals surface area contributed by atoms with Crippen LogP contribution in [0.3, 0.4) is 0 Å². The van der Waals surface area contributed by atoms with Gasteiger partial charge in [0.2, 0.25) is 17.6 Å². The van der Waals surface area contributed by atoms with E-state index in [2.05, 4.69) is 20.4 Å². The van der Waals surface area contributed by atoms with Crippen LogP contribution in [0.1, 0.15) is 36.8 Å². The van der Waals surface area contributed by atoms with Gasteiger partial charge in [-0.15, -0.1) is 0 Å². The van der Waals surface area contributed by atoms with Crippen LogP contribution < -0.4 is 14.8 Å². The third kappa shape index (κ3) is 5.69. The van der Waals surface area contributed by atoms with Crippen LogP contribution in [-0.2, 0) is 11.2 Å². The van der Waals surface area contributed by atoms with Crippen molar-refractivity contribution in [3.63, 3.8) is 0 Å². The Morgan fingerprint density at radius 1 is 1.15 bits per heavy atom. The van der Waals surface area contributed by atoms with Gasteiger partial charge < -0.3 is 19.3 Å². The normalized spacial score (nSPS) is 14.7. The highest BCUT2D eigenvalue weighted by atomic mass is 35.5. The number of hydrogen-bond donors (Lipinski definition) is 1. The molecule has 0 aliphatic carbocycles. The summed E-state index contributed by atoms with van der Waals surface area (Å²) in [6, 6.07) is 13.3. The summed E-state index contributed by atoms with van der Waals surface area (Å²) >= 11 is 6.46. The molecule has 180 valence electrons. The van der Waals surface area contributed by atoms with Crippen LogP contribution in [0.4, 0.5) is 0 Å². The summed E-state index contributed by atoms with van der Waals surface area (Å²) in [5.41, 5.74) is 1.79. The predicted molar refractivity (Wildman–Crippen MR) is 129 cm³/mol. The lowest BCUT2D eigenvalue weighted by Crippen LogP contribution is -2.37. The second-order valence-electron chi connectivity index (χ2n) is 8.17. The summed E-state index contributed by atoms with van der Waals surface area (Å²) in [6.45, 7) is 2.52. The number of hydrogen-bond acceptors (Lipinski definition) is 7.